The van der Waals surface area contributed by atoms with Crippen LogP contribution in [0.15, 0.2) is 36.4 Å². The average molecular weight is 514 g/mol. The van der Waals surface area contributed by atoms with Crippen molar-refractivity contribution in [2.75, 3.05) is 84.4 Å². The predicted octanol–water partition coefficient (Wildman–Crippen LogP) is 2.71. The van der Waals surface area contributed by atoms with E-state index < -0.39 is 0 Å². The number of nitrogens with zero attached hydrogens (tertiary/aromatic N) is 2. The summed E-state index contributed by atoms with van der Waals surface area (Å²) in [5.74, 6) is 0.272. The fourth-order valence-electron chi connectivity index (χ4n) is 5.46. The van der Waals surface area contributed by atoms with Gasteiger partial charge < -0.3 is 29.2 Å². The summed E-state index contributed by atoms with van der Waals surface area (Å²) < 4.78 is 37.2. The van der Waals surface area contributed by atoms with E-state index >= 15 is 4.39 Å². The van der Waals surface area contributed by atoms with Crippen molar-refractivity contribution >= 4 is 11.6 Å². The molecule has 0 spiro atoms. The lowest BCUT2D eigenvalue weighted by molar-refractivity contribution is -0.125. The quantitative estimate of drug-likeness (QED) is 0.490. The summed E-state index contributed by atoms with van der Waals surface area (Å²) in [6.07, 6.45) is 0.757. The van der Waals surface area contributed by atoms with Crippen LogP contribution in [-0.4, -0.2) is 90.3 Å². The number of halogens is 1. The first-order chi connectivity index (χ1) is 18.1. The summed E-state index contributed by atoms with van der Waals surface area (Å²) in [7, 11) is 1.65. The Morgan fingerprint density at radius 2 is 1.81 bits per heavy atom. The van der Waals surface area contributed by atoms with E-state index in [0.717, 1.165) is 62.7 Å². The van der Waals surface area contributed by atoms with E-state index in [4.69, 9.17) is 18.9 Å². The lowest BCUT2D eigenvalue weighted by Crippen LogP contribution is -2.41. The summed E-state index contributed by atoms with van der Waals surface area (Å²) in [6.45, 7) is 7.16. The SMILES string of the molecule is COCCOc1ccc2c(c1)[C@H](NCCN1CCOCC1)C[C@H]2c1ccc(N2CCOCC2=O)cc1F. The van der Waals surface area contributed by atoms with E-state index in [1.165, 1.54) is 6.07 Å². The van der Waals surface area contributed by atoms with Gasteiger partial charge in [0.2, 0.25) is 0 Å². The fourth-order valence-corrected chi connectivity index (χ4v) is 5.46. The summed E-state index contributed by atoms with van der Waals surface area (Å²) in [6, 6.07) is 11.4. The largest absolute Gasteiger partial charge is 0.491 e. The Morgan fingerprint density at radius 1 is 1.00 bits per heavy atom. The van der Waals surface area contributed by atoms with Gasteiger partial charge in [-0.2, -0.15) is 0 Å². The van der Waals surface area contributed by atoms with Crippen LogP contribution in [0.4, 0.5) is 10.1 Å². The molecule has 1 aliphatic carbocycles. The van der Waals surface area contributed by atoms with Crippen LogP contribution in [0.5, 0.6) is 5.75 Å². The zero-order chi connectivity index (χ0) is 25.6. The second-order valence-electron chi connectivity index (χ2n) is 9.68. The molecule has 2 fully saturated rings. The number of carbonyl (C=O) groups is 1. The van der Waals surface area contributed by atoms with Crippen LogP contribution < -0.4 is 15.0 Å². The highest BCUT2D eigenvalue weighted by atomic mass is 19.1. The predicted molar refractivity (Wildman–Crippen MR) is 138 cm³/mol. The molecule has 1 N–H and O–H groups in total. The topological polar surface area (TPSA) is 72.5 Å². The van der Waals surface area contributed by atoms with Crippen molar-refractivity contribution in [3.63, 3.8) is 0 Å². The number of morpholine rings is 2. The van der Waals surface area contributed by atoms with Gasteiger partial charge in [-0.05, 0) is 47.4 Å². The number of fused-ring (bicyclic) bond motifs is 1. The third kappa shape index (κ3) is 6.13. The number of benzene rings is 2. The van der Waals surface area contributed by atoms with Gasteiger partial charge in [0.15, 0.2) is 0 Å². The lowest BCUT2D eigenvalue weighted by Gasteiger charge is -2.27. The molecule has 37 heavy (non-hydrogen) atoms. The Labute approximate surface area is 217 Å². The van der Waals surface area contributed by atoms with Gasteiger partial charge in [0, 0.05) is 57.5 Å². The molecule has 2 aromatic carbocycles. The molecular formula is C28H36FN3O5. The zero-order valence-corrected chi connectivity index (χ0v) is 21.4. The summed E-state index contributed by atoms with van der Waals surface area (Å²) >= 11 is 0. The van der Waals surface area contributed by atoms with Crippen molar-refractivity contribution in [3.05, 3.63) is 58.9 Å². The molecule has 5 rings (SSSR count). The number of amides is 1. The molecule has 9 heteroatoms. The molecule has 0 aromatic heterocycles. The standard InChI is InChI=1S/C28H36FN3O5/c1-34-14-15-37-21-3-5-22-24(18-27(25(22)17-21)30-6-7-31-8-11-35-12-9-31)23-4-2-20(16-26(23)29)32-10-13-36-19-28(32)33/h2-5,16-17,24,27,30H,6-15,18-19H2,1H3/t24-,27-/m1/s1. The zero-order valence-electron chi connectivity index (χ0n) is 21.4. The highest BCUT2D eigenvalue weighted by Gasteiger charge is 2.34. The maximum Gasteiger partial charge on any atom is 0.253 e. The van der Waals surface area contributed by atoms with E-state index in [-0.39, 0.29) is 30.3 Å². The van der Waals surface area contributed by atoms with Gasteiger partial charge in [0.05, 0.1) is 26.4 Å². The molecule has 2 aliphatic heterocycles. The molecule has 1 amide bonds. The van der Waals surface area contributed by atoms with Gasteiger partial charge in [-0.25, -0.2) is 4.39 Å². The van der Waals surface area contributed by atoms with Crippen LogP contribution in [0.25, 0.3) is 0 Å². The van der Waals surface area contributed by atoms with Crippen LogP contribution in [0.2, 0.25) is 0 Å². The smallest absolute Gasteiger partial charge is 0.253 e. The minimum Gasteiger partial charge on any atom is -0.491 e. The maximum absolute atomic E-state index is 15.5. The Kier molecular flexibility index (Phi) is 8.68. The number of ether oxygens (including phenoxy) is 4. The molecular weight excluding hydrogens is 477 g/mol. The average Bonchev–Trinajstić information content (AvgIpc) is 3.27. The van der Waals surface area contributed by atoms with Gasteiger partial charge in [-0.1, -0.05) is 12.1 Å². The van der Waals surface area contributed by atoms with Crippen molar-refractivity contribution in [1.82, 2.24) is 10.2 Å². The minimum atomic E-state index is -0.290. The lowest BCUT2D eigenvalue weighted by atomic mass is 9.92. The molecule has 2 heterocycles. The van der Waals surface area contributed by atoms with E-state index in [0.29, 0.717) is 37.6 Å². The first-order valence-corrected chi connectivity index (χ1v) is 13.1. The number of methoxy groups -OCH3 is 1. The summed E-state index contributed by atoms with van der Waals surface area (Å²) in [5, 5.41) is 3.72. The van der Waals surface area contributed by atoms with Gasteiger partial charge in [-0.15, -0.1) is 0 Å². The molecule has 0 bridgehead atoms. The van der Waals surface area contributed by atoms with Crippen LogP contribution in [0.1, 0.15) is 35.1 Å². The molecule has 2 atom stereocenters. The summed E-state index contributed by atoms with van der Waals surface area (Å²) in [5.41, 5.74) is 3.48. The Hall–Kier alpha value is -2.56. The molecule has 0 unspecified atom stereocenters. The molecule has 2 saturated heterocycles. The van der Waals surface area contributed by atoms with E-state index in [1.54, 1.807) is 12.0 Å². The second kappa shape index (κ2) is 12.3. The van der Waals surface area contributed by atoms with Crippen molar-refractivity contribution in [2.45, 2.75) is 18.4 Å². The van der Waals surface area contributed by atoms with Crippen LogP contribution >= 0.6 is 0 Å². The van der Waals surface area contributed by atoms with Crippen molar-refractivity contribution in [3.8, 4) is 5.75 Å². The van der Waals surface area contributed by atoms with Crippen LogP contribution in [0, 0.1) is 5.82 Å². The van der Waals surface area contributed by atoms with Gasteiger partial charge in [0.25, 0.3) is 5.91 Å². The Bertz CT molecular complexity index is 1080. The van der Waals surface area contributed by atoms with Gasteiger partial charge in [-0.3, -0.25) is 9.69 Å². The number of nitrogens with one attached hydrogen (secondary N) is 1. The van der Waals surface area contributed by atoms with Gasteiger partial charge in [0.1, 0.15) is 24.8 Å². The third-order valence-corrected chi connectivity index (χ3v) is 7.42. The minimum absolute atomic E-state index is 0.0337. The van der Waals surface area contributed by atoms with E-state index in [9.17, 15) is 4.79 Å². The normalized spacial score (nSPS) is 22.3. The Balaban J connectivity index is 1.35. The van der Waals surface area contributed by atoms with E-state index in [2.05, 4.69) is 22.3 Å². The third-order valence-electron chi connectivity index (χ3n) is 7.42. The number of hydrogen-bond acceptors (Lipinski definition) is 7. The second-order valence-corrected chi connectivity index (χ2v) is 9.68. The van der Waals surface area contributed by atoms with Gasteiger partial charge >= 0.3 is 0 Å². The fraction of sp³-hybridized carbons (Fsp3) is 0.536. The first-order valence-electron chi connectivity index (χ1n) is 13.1. The van der Waals surface area contributed by atoms with Crippen molar-refractivity contribution in [1.29, 1.82) is 0 Å². The first kappa shape index (κ1) is 26.1. The highest BCUT2D eigenvalue weighted by molar-refractivity contribution is 5.94. The monoisotopic (exact) mass is 513 g/mol. The number of carbonyl (C=O) groups excluding carboxylic acids is 1. The molecule has 0 radical (unpaired) electrons. The maximum atomic E-state index is 15.5. The molecule has 0 saturated carbocycles. The van der Waals surface area contributed by atoms with Crippen LogP contribution in [0.3, 0.4) is 0 Å². The molecule has 8 nitrogen and oxygen atoms in total. The number of rotatable bonds is 10. The highest BCUT2D eigenvalue weighted by Crippen LogP contribution is 2.46. The molecule has 2 aromatic rings. The molecule has 3 aliphatic rings. The van der Waals surface area contributed by atoms with Crippen molar-refractivity contribution < 1.29 is 28.1 Å². The van der Waals surface area contributed by atoms with E-state index in [1.807, 2.05) is 18.2 Å². The van der Waals surface area contributed by atoms with Crippen molar-refractivity contribution in [2.24, 2.45) is 0 Å². The number of anilines is 1. The summed E-state index contributed by atoms with van der Waals surface area (Å²) in [4.78, 5) is 16.2. The van der Waals surface area contributed by atoms with Crippen LogP contribution in [-0.2, 0) is 19.0 Å². The molecule has 200 valence electrons. The Morgan fingerprint density at radius 3 is 2.59 bits per heavy atom. The number of hydrogen-bond donors (Lipinski definition) is 1.